The van der Waals surface area contributed by atoms with E-state index in [2.05, 4.69) is 20.8 Å². The minimum absolute atomic E-state index is 0.108. The summed E-state index contributed by atoms with van der Waals surface area (Å²) in [6, 6.07) is 0. The summed E-state index contributed by atoms with van der Waals surface area (Å²) < 4.78 is 5.26. The Balaban J connectivity index is 2.30. The van der Waals surface area contributed by atoms with Crippen LogP contribution < -0.4 is 10.6 Å². The summed E-state index contributed by atoms with van der Waals surface area (Å²) in [5, 5.41) is 13.2. The first-order valence-corrected chi connectivity index (χ1v) is 8.53. The molecule has 0 radical (unpaired) electrons. The van der Waals surface area contributed by atoms with Gasteiger partial charge in [0.1, 0.15) is 6.54 Å². The summed E-state index contributed by atoms with van der Waals surface area (Å²) in [7, 11) is 0. The number of carbonyl (C=O) groups excluding carboxylic acids is 3. The highest BCUT2D eigenvalue weighted by molar-refractivity contribution is 8.01. The number of esters is 1. The predicted octanol–water partition coefficient (Wildman–Crippen LogP) is 1.05. The fourth-order valence-corrected chi connectivity index (χ4v) is 2.89. The third-order valence-corrected chi connectivity index (χ3v) is 4.16. The van der Waals surface area contributed by atoms with Gasteiger partial charge in [-0.1, -0.05) is 30.0 Å². The number of nitrogens with one attached hydrogen (secondary N) is 2. The average molecular weight is 346 g/mol. The maximum atomic E-state index is 11.5. The Kier molecular flexibility index (Phi) is 8.44. The van der Waals surface area contributed by atoms with Crippen molar-refractivity contribution in [2.75, 3.05) is 24.2 Å². The van der Waals surface area contributed by atoms with Crippen molar-refractivity contribution in [1.29, 1.82) is 0 Å². The maximum Gasteiger partial charge on any atom is 0.325 e. The summed E-state index contributed by atoms with van der Waals surface area (Å²) in [6.45, 7) is 3.74. The molecule has 0 saturated carbocycles. The van der Waals surface area contributed by atoms with Crippen molar-refractivity contribution in [3.8, 4) is 0 Å². The molecule has 0 aromatic carbocycles. The van der Waals surface area contributed by atoms with Crippen molar-refractivity contribution in [3.05, 3.63) is 0 Å². The van der Waals surface area contributed by atoms with Gasteiger partial charge >= 0.3 is 5.97 Å². The zero-order valence-corrected chi connectivity index (χ0v) is 14.0. The number of aromatic nitrogens is 2. The third-order valence-electron chi connectivity index (χ3n) is 2.19. The van der Waals surface area contributed by atoms with Gasteiger partial charge in [0.25, 0.3) is 0 Å². The molecule has 10 heteroatoms. The molecule has 0 atom stereocenters. The molecule has 0 bridgehead atoms. The van der Waals surface area contributed by atoms with E-state index >= 15 is 0 Å². The summed E-state index contributed by atoms with van der Waals surface area (Å²) in [4.78, 5) is 34.0. The second-order valence-electron chi connectivity index (χ2n) is 4.04. The van der Waals surface area contributed by atoms with E-state index in [9.17, 15) is 14.4 Å². The predicted molar refractivity (Wildman–Crippen MR) is 83.8 cm³/mol. The molecular formula is C12H18N4O4S2. The van der Waals surface area contributed by atoms with Crippen molar-refractivity contribution in [2.24, 2.45) is 0 Å². The molecule has 1 aromatic heterocycles. The zero-order valence-electron chi connectivity index (χ0n) is 12.4. The summed E-state index contributed by atoms with van der Waals surface area (Å²) >= 11 is 2.38. The molecule has 0 aliphatic rings. The van der Waals surface area contributed by atoms with Gasteiger partial charge in [0.2, 0.25) is 16.9 Å². The number of carbonyl (C=O) groups is 3. The lowest BCUT2D eigenvalue weighted by Crippen LogP contribution is -2.31. The van der Waals surface area contributed by atoms with E-state index in [0.717, 1.165) is 6.42 Å². The van der Waals surface area contributed by atoms with E-state index in [0.29, 0.717) is 15.9 Å². The summed E-state index contributed by atoms with van der Waals surface area (Å²) in [6.07, 6.45) is 1.19. The van der Waals surface area contributed by atoms with Gasteiger partial charge in [-0.25, -0.2) is 0 Å². The molecule has 2 N–H and O–H groups in total. The molecule has 122 valence electrons. The van der Waals surface area contributed by atoms with Gasteiger partial charge in [-0.05, 0) is 13.3 Å². The van der Waals surface area contributed by atoms with Crippen molar-refractivity contribution in [1.82, 2.24) is 15.5 Å². The van der Waals surface area contributed by atoms with E-state index in [1.54, 1.807) is 6.92 Å². The van der Waals surface area contributed by atoms with Crippen LogP contribution in [0.25, 0.3) is 0 Å². The molecular weight excluding hydrogens is 328 g/mol. The Hall–Kier alpha value is -1.68. The van der Waals surface area contributed by atoms with Gasteiger partial charge < -0.3 is 15.4 Å². The summed E-state index contributed by atoms with van der Waals surface area (Å²) in [5.41, 5.74) is 0. The highest BCUT2D eigenvalue weighted by Crippen LogP contribution is 2.25. The van der Waals surface area contributed by atoms with E-state index in [-0.39, 0.29) is 30.7 Å². The number of nitrogens with zero attached hydrogens (tertiary/aromatic N) is 2. The summed E-state index contributed by atoms with van der Waals surface area (Å²) in [5.74, 6) is -0.776. The average Bonchev–Trinajstić information content (AvgIpc) is 2.91. The lowest BCUT2D eigenvalue weighted by Gasteiger charge is -2.03. The van der Waals surface area contributed by atoms with Gasteiger partial charge in [-0.15, -0.1) is 10.2 Å². The molecule has 2 amide bonds. The maximum absolute atomic E-state index is 11.5. The first-order chi connectivity index (χ1) is 10.5. The number of thioether (sulfide) groups is 1. The number of anilines is 1. The van der Waals surface area contributed by atoms with Crippen molar-refractivity contribution < 1.29 is 19.1 Å². The van der Waals surface area contributed by atoms with E-state index < -0.39 is 5.97 Å². The smallest absolute Gasteiger partial charge is 0.325 e. The van der Waals surface area contributed by atoms with Crippen molar-refractivity contribution in [2.45, 2.75) is 31.0 Å². The van der Waals surface area contributed by atoms with Gasteiger partial charge in [-0.2, -0.15) is 0 Å². The van der Waals surface area contributed by atoms with E-state index in [4.69, 9.17) is 4.74 Å². The Labute approximate surface area is 136 Å². The number of amides is 2. The van der Waals surface area contributed by atoms with Crippen LogP contribution in [0.5, 0.6) is 0 Å². The highest BCUT2D eigenvalue weighted by atomic mass is 32.2. The van der Waals surface area contributed by atoms with Crippen LogP contribution in [0.2, 0.25) is 0 Å². The Morgan fingerprint density at radius 3 is 2.68 bits per heavy atom. The normalized spacial score (nSPS) is 10.1. The number of rotatable bonds is 9. The first kappa shape index (κ1) is 18.4. The number of hydrogen-bond donors (Lipinski definition) is 2. The van der Waals surface area contributed by atoms with Crippen LogP contribution in [0.3, 0.4) is 0 Å². The molecule has 0 aliphatic carbocycles. The molecule has 0 aliphatic heterocycles. The largest absolute Gasteiger partial charge is 0.465 e. The molecule has 1 aromatic rings. The molecule has 1 heterocycles. The van der Waals surface area contributed by atoms with Crippen molar-refractivity contribution in [3.63, 3.8) is 0 Å². The zero-order chi connectivity index (χ0) is 16.4. The Bertz CT molecular complexity index is 521. The van der Waals surface area contributed by atoms with Crippen LogP contribution in [-0.2, 0) is 19.1 Å². The van der Waals surface area contributed by atoms with Gasteiger partial charge in [0.15, 0.2) is 4.34 Å². The fraction of sp³-hybridized carbons (Fsp3) is 0.583. The molecule has 0 fully saturated rings. The highest BCUT2D eigenvalue weighted by Gasteiger charge is 2.11. The van der Waals surface area contributed by atoms with Gasteiger partial charge in [0.05, 0.1) is 12.4 Å². The van der Waals surface area contributed by atoms with Gasteiger partial charge in [-0.3, -0.25) is 14.4 Å². The van der Waals surface area contributed by atoms with Crippen LogP contribution in [0.1, 0.15) is 26.7 Å². The monoisotopic (exact) mass is 346 g/mol. The Morgan fingerprint density at radius 1 is 1.23 bits per heavy atom. The first-order valence-electron chi connectivity index (χ1n) is 6.73. The molecule has 0 spiro atoms. The second-order valence-corrected chi connectivity index (χ2v) is 6.24. The minimum Gasteiger partial charge on any atom is -0.465 e. The quantitative estimate of drug-likeness (QED) is 0.390. The van der Waals surface area contributed by atoms with Crippen LogP contribution in [0.4, 0.5) is 5.13 Å². The van der Waals surface area contributed by atoms with Crippen LogP contribution >= 0.6 is 23.1 Å². The molecule has 22 heavy (non-hydrogen) atoms. The van der Waals surface area contributed by atoms with E-state index in [1.165, 1.54) is 23.1 Å². The minimum atomic E-state index is -0.474. The van der Waals surface area contributed by atoms with Crippen LogP contribution in [0, 0.1) is 0 Å². The fourth-order valence-electron chi connectivity index (χ4n) is 1.29. The van der Waals surface area contributed by atoms with Gasteiger partial charge in [0, 0.05) is 6.42 Å². The van der Waals surface area contributed by atoms with E-state index in [1.807, 2.05) is 6.92 Å². The van der Waals surface area contributed by atoms with Crippen LogP contribution in [-0.4, -0.2) is 46.9 Å². The standard InChI is InChI=1S/C12H18N4O4S2/c1-3-5-8(17)14-11-15-16-12(22-11)21-7-9(18)13-6-10(19)20-4-2/h3-7H2,1-2H3,(H,13,18)(H,14,15,17). The molecule has 0 unspecified atom stereocenters. The topological polar surface area (TPSA) is 110 Å². The third kappa shape index (κ3) is 7.36. The van der Waals surface area contributed by atoms with Crippen molar-refractivity contribution >= 4 is 46.0 Å². The lowest BCUT2D eigenvalue weighted by atomic mass is 10.3. The lowest BCUT2D eigenvalue weighted by molar-refractivity contribution is -0.143. The number of ether oxygens (including phenoxy) is 1. The molecule has 0 saturated heterocycles. The van der Waals surface area contributed by atoms with Crippen LogP contribution in [0.15, 0.2) is 4.34 Å². The second kappa shape index (κ2) is 10.1. The number of hydrogen-bond acceptors (Lipinski definition) is 8. The Morgan fingerprint density at radius 2 is 2.00 bits per heavy atom. The molecule has 8 nitrogen and oxygen atoms in total. The molecule has 1 rings (SSSR count). The SMILES string of the molecule is CCCC(=O)Nc1nnc(SCC(=O)NCC(=O)OCC)s1.